The van der Waals surface area contributed by atoms with Crippen LogP contribution in [-0.2, 0) is 4.79 Å². The largest absolute Gasteiger partial charge is 0.369 e. The summed E-state index contributed by atoms with van der Waals surface area (Å²) >= 11 is 0. The second-order valence-electron chi connectivity index (χ2n) is 8.05. The number of piperidine rings is 1. The number of amides is 1. The summed E-state index contributed by atoms with van der Waals surface area (Å²) in [4.78, 5) is 17.5. The highest BCUT2D eigenvalue weighted by atomic mass is 19.1. The molecule has 0 spiro atoms. The Balaban J connectivity index is 1.46. The molecule has 1 aliphatic rings. The molecule has 2 heterocycles. The molecule has 4 N–H and O–H groups in total. The Morgan fingerprint density at radius 3 is 2.53 bits per heavy atom. The van der Waals surface area contributed by atoms with Gasteiger partial charge in [-0.3, -0.25) is 4.79 Å². The molecule has 2 aromatic carbocycles. The number of nitrogens with zero attached hydrogens (tertiary/aromatic N) is 3. The fourth-order valence-corrected chi connectivity index (χ4v) is 3.94. The van der Waals surface area contributed by atoms with Crippen molar-refractivity contribution in [1.29, 1.82) is 0 Å². The smallest absolute Gasteiger partial charge is 0.253 e. The van der Waals surface area contributed by atoms with E-state index >= 15 is 0 Å². The number of hydrogen-bond acceptors (Lipinski definition) is 4. The first-order valence-corrected chi connectivity index (χ1v) is 10.6. The zero-order valence-electron chi connectivity index (χ0n) is 17.9. The third-order valence-corrected chi connectivity index (χ3v) is 5.98. The Morgan fingerprint density at radius 2 is 1.88 bits per heavy atom. The molecule has 0 aliphatic carbocycles. The van der Waals surface area contributed by atoms with Crippen LogP contribution in [0.2, 0.25) is 0 Å². The minimum atomic E-state index is -0.286. The van der Waals surface area contributed by atoms with Crippen LogP contribution >= 0.6 is 0 Å². The molecule has 0 saturated carbocycles. The van der Waals surface area contributed by atoms with Gasteiger partial charge in [0.1, 0.15) is 5.82 Å². The molecular formula is C24H26FN5O2. The molecule has 8 heteroatoms. The van der Waals surface area contributed by atoms with Crippen molar-refractivity contribution in [1.82, 2.24) is 10.1 Å². The number of halogens is 1. The first-order valence-electron chi connectivity index (χ1n) is 10.6. The summed E-state index contributed by atoms with van der Waals surface area (Å²) in [6.45, 7) is 3.14. The van der Waals surface area contributed by atoms with Crippen molar-refractivity contribution in [2.75, 3.05) is 13.1 Å². The number of aromatic nitrogens is 1. The minimum absolute atomic E-state index is 0.120. The Bertz CT molecular complexity index is 1120. The molecule has 7 nitrogen and oxygen atoms in total. The first-order chi connectivity index (χ1) is 15.4. The Hall–Kier alpha value is -3.68. The number of guanidine groups is 1. The van der Waals surface area contributed by atoms with E-state index in [0.29, 0.717) is 43.1 Å². The van der Waals surface area contributed by atoms with E-state index in [4.69, 9.17) is 16.0 Å². The zero-order chi connectivity index (χ0) is 22.7. The minimum Gasteiger partial charge on any atom is -0.369 e. The quantitative estimate of drug-likeness (QED) is 0.468. The molecule has 1 aromatic heterocycles. The maximum absolute atomic E-state index is 14.8. The van der Waals surface area contributed by atoms with Gasteiger partial charge in [0.15, 0.2) is 5.96 Å². The number of hydrogen-bond donors (Lipinski definition) is 2. The molecular weight excluding hydrogens is 409 g/mol. The monoisotopic (exact) mass is 435 g/mol. The lowest BCUT2D eigenvalue weighted by Gasteiger charge is -2.30. The third-order valence-electron chi connectivity index (χ3n) is 5.98. The highest BCUT2D eigenvalue weighted by Gasteiger charge is 2.24. The molecule has 1 saturated heterocycles. The van der Waals surface area contributed by atoms with E-state index < -0.39 is 0 Å². The van der Waals surface area contributed by atoms with Crippen LogP contribution in [0.5, 0.6) is 0 Å². The van der Waals surface area contributed by atoms with Crippen LogP contribution in [0.4, 0.5) is 10.3 Å². The summed E-state index contributed by atoms with van der Waals surface area (Å²) in [6.07, 6.45) is 1.30. The van der Waals surface area contributed by atoms with Gasteiger partial charge in [0, 0.05) is 36.6 Å². The van der Waals surface area contributed by atoms with Crippen molar-refractivity contribution in [2.45, 2.75) is 25.7 Å². The molecule has 0 radical (unpaired) electrons. The van der Waals surface area contributed by atoms with E-state index in [1.165, 1.54) is 6.07 Å². The van der Waals surface area contributed by atoms with Gasteiger partial charge in [-0.25, -0.2) is 4.39 Å². The molecule has 166 valence electrons. The number of nitrogens with two attached hydrogens (primary N) is 2. The van der Waals surface area contributed by atoms with Crippen molar-refractivity contribution in [3.05, 3.63) is 71.7 Å². The van der Waals surface area contributed by atoms with Gasteiger partial charge in [-0.1, -0.05) is 54.5 Å². The van der Waals surface area contributed by atoms with Crippen molar-refractivity contribution < 1.29 is 13.7 Å². The van der Waals surface area contributed by atoms with E-state index in [-0.39, 0.29) is 29.4 Å². The molecule has 32 heavy (non-hydrogen) atoms. The third kappa shape index (κ3) is 4.64. The van der Waals surface area contributed by atoms with Crippen LogP contribution in [0.25, 0.3) is 11.1 Å². The van der Waals surface area contributed by atoms with Crippen molar-refractivity contribution in [3.63, 3.8) is 0 Å². The van der Waals surface area contributed by atoms with Gasteiger partial charge in [0.05, 0.1) is 5.69 Å². The van der Waals surface area contributed by atoms with Gasteiger partial charge in [-0.15, -0.1) is 0 Å². The summed E-state index contributed by atoms with van der Waals surface area (Å²) in [6, 6.07) is 16.3. The van der Waals surface area contributed by atoms with E-state index in [1.54, 1.807) is 12.1 Å². The Labute approximate surface area is 185 Å². The zero-order valence-corrected chi connectivity index (χ0v) is 17.9. The molecule has 0 bridgehead atoms. The highest BCUT2D eigenvalue weighted by molar-refractivity contribution is 5.81. The first kappa shape index (κ1) is 21.5. The summed E-state index contributed by atoms with van der Waals surface area (Å²) < 4.78 is 20.1. The van der Waals surface area contributed by atoms with Crippen LogP contribution in [0.1, 0.15) is 36.9 Å². The number of carbonyl (C=O) groups excluding carboxylic acids is 1. The van der Waals surface area contributed by atoms with Gasteiger partial charge >= 0.3 is 0 Å². The number of rotatable bonds is 5. The average molecular weight is 436 g/mol. The van der Waals surface area contributed by atoms with Gasteiger partial charge in [0.25, 0.3) is 5.88 Å². The highest BCUT2D eigenvalue weighted by Crippen LogP contribution is 2.30. The standard InChI is InChI=1S/C24H26FN5O2/c1-15(18-7-8-19(20(25)13-18)16-5-3-2-4-6-16)21-14-22(32-29-21)28-24(27)30-11-9-17(10-12-30)23(26)31/h2-8,13-15,17H,9-12H2,1H3,(H2,26,31)(H2,27,28). The normalized spacial score (nSPS) is 16.2. The lowest BCUT2D eigenvalue weighted by atomic mass is 9.95. The van der Waals surface area contributed by atoms with Crippen LogP contribution in [0.15, 0.2) is 64.1 Å². The number of benzene rings is 2. The molecule has 1 amide bonds. The lowest BCUT2D eigenvalue weighted by Crippen LogP contribution is -2.44. The molecule has 1 atom stereocenters. The summed E-state index contributed by atoms with van der Waals surface area (Å²) in [5, 5.41) is 4.10. The molecule has 1 unspecified atom stereocenters. The van der Waals surface area contributed by atoms with Crippen LogP contribution in [-0.4, -0.2) is 35.0 Å². The van der Waals surface area contributed by atoms with Crippen LogP contribution in [0.3, 0.4) is 0 Å². The molecule has 3 aromatic rings. The number of primary amides is 1. The topological polar surface area (TPSA) is 111 Å². The Morgan fingerprint density at radius 1 is 1.16 bits per heavy atom. The van der Waals surface area contributed by atoms with Gasteiger partial charge in [0.2, 0.25) is 5.91 Å². The summed E-state index contributed by atoms with van der Waals surface area (Å²) in [5.74, 6) is -0.280. The van der Waals surface area contributed by atoms with Crippen LogP contribution in [0, 0.1) is 11.7 Å². The second-order valence-corrected chi connectivity index (χ2v) is 8.05. The SMILES string of the molecule is CC(c1ccc(-c2ccccc2)c(F)c1)c1cc(/N=C(\N)N2CCC(C(N)=O)CC2)on1. The number of aliphatic imine (C=N–C) groups is 1. The van der Waals surface area contributed by atoms with Gasteiger partial charge < -0.3 is 20.9 Å². The van der Waals surface area contributed by atoms with E-state index in [1.807, 2.05) is 48.2 Å². The van der Waals surface area contributed by atoms with E-state index in [0.717, 1.165) is 11.1 Å². The maximum atomic E-state index is 14.8. The number of likely N-dealkylation sites (tertiary alicyclic amines) is 1. The van der Waals surface area contributed by atoms with Crippen molar-refractivity contribution in [3.8, 4) is 11.1 Å². The van der Waals surface area contributed by atoms with Gasteiger partial charge in [-0.05, 0) is 30.0 Å². The summed E-state index contributed by atoms with van der Waals surface area (Å²) in [5.41, 5.74) is 14.3. The lowest BCUT2D eigenvalue weighted by molar-refractivity contribution is -0.122. The predicted octanol–water partition coefficient (Wildman–Crippen LogP) is 3.78. The van der Waals surface area contributed by atoms with Crippen molar-refractivity contribution >= 4 is 17.8 Å². The van der Waals surface area contributed by atoms with E-state index in [9.17, 15) is 9.18 Å². The second kappa shape index (κ2) is 9.21. The predicted molar refractivity (Wildman–Crippen MR) is 121 cm³/mol. The van der Waals surface area contributed by atoms with Gasteiger partial charge in [-0.2, -0.15) is 4.99 Å². The fraction of sp³-hybridized carbons (Fsp3) is 0.292. The van der Waals surface area contributed by atoms with Crippen molar-refractivity contribution in [2.24, 2.45) is 22.4 Å². The summed E-state index contributed by atoms with van der Waals surface area (Å²) in [7, 11) is 0. The molecule has 4 rings (SSSR count). The fourth-order valence-electron chi connectivity index (χ4n) is 3.94. The Kier molecular flexibility index (Phi) is 6.20. The van der Waals surface area contributed by atoms with Crippen LogP contribution < -0.4 is 11.5 Å². The maximum Gasteiger partial charge on any atom is 0.253 e. The number of carbonyl (C=O) groups is 1. The van der Waals surface area contributed by atoms with E-state index in [2.05, 4.69) is 10.1 Å². The molecule has 1 fully saturated rings. The average Bonchev–Trinajstić information content (AvgIpc) is 3.27. The molecule has 1 aliphatic heterocycles.